The van der Waals surface area contributed by atoms with E-state index in [-0.39, 0.29) is 29.1 Å². The highest BCUT2D eigenvalue weighted by Crippen LogP contribution is 2.28. The lowest BCUT2D eigenvalue weighted by Crippen LogP contribution is -2.38. The number of amides is 2. The maximum Gasteiger partial charge on any atom is 0.233 e. The van der Waals surface area contributed by atoms with Gasteiger partial charge in [0.25, 0.3) is 0 Å². The maximum absolute atomic E-state index is 11.9. The smallest absolute Gasteiger partial charge is 0.233 e. The van der Waals surface area contributed by atoms with Crippen molar-refractivity contribution in [2.45, 2.75) is 41.0 Å². The molecule has 3 heteroatoms. The van der Waals surface area contributed by atoms with E-state index in [1.54, 1.807) is 0 Å². The Morgan fingerprint density at radius 2 is 1.87 bits per heavy atom. The number of carbonyl (C=O) groups excluding carboxylic acids is 2. The quantitative estimate of drug-likeness (QED) is 0.656. The van der Waals surface area contributed by atoms with Crippen molar-refractivity contribution in [3.05, 3.63) is 0 Å². The Hall–Kier alpha value is -0.860. The SMILES string of the molecule is CC(C)C1CC(=O)N(CC(C)(C)C)C1=O. The molecular formula is C12H21NO2. The summed E-state index contributed by atoms with van der Waals surface area (Å²) in [6, 6.07) is 0. The molecule has 86 valence electrons. The molecule has 1 aliphatic heterocycles. The van der Waals surface area contributed by atoms with Crippen molar-refractivity contribution in [3.63, 3.8) is 0 Å². The van der Waals surface area contributed by atoms with Crippen molar-refractivity contribution in [2.24, 2.45) is 17.3 Å². The van der Waals surface area contributed by atoms with E-state index in [0.29, 0.717) is 13.0 Å². The molecule has 1 saturated heterocycles. The van der Waals surface area contributed by atoms with Gasteiger partial charge in [-0.05, 0) is 11.3 Å². The molecular weight excluding hydrogens is 190 g/mol. The normalized spacial score (nSPS) is 23.1. The highest BCUT2D eigenvalue weighted by molar-refractivity contribution is 6.03. The van der Waals surface area contributed by atoms with Gasteiger partial charge in [-0.25, -0.2) is 0 Å². The fraction of sp³-hybridized carbons (Fsp3) is 0.833. The minimum absolute atomic E-state index is 0.00590. The van der Waals surface area contributed by atoms with Gasteiger partial charge in [0.1, 0.15) is 0 Å². The van der Waals surface area contributed by atoms with E-state index in [0.717, 1.165) is 0 Å². The van der Waals surface area contributed by atoms with Crippen molar-refractivity contribution in [1.29, 1.82) is 0 Å². The summed E-state index contributed by atoms with van der Waals surface area (Å²) in [4.78, 5) is 25.1. The van der Waals surface area contributed by atoms with Gasteiger partial charge >= 0.3 is 0 Å². The molecule has 0 aromatic carbocycles. The zero-order valence-corrected chi connectivity index (χ0v) is 10.3. The Balaban J connectivity index is 2.76. The molecule has 0 aliphatic carbocycles. The molecule has 15 heavy (non-hydrogen) atoms. The molecule has 0 aromatic rings. The molecule has 2 amide bonds. The molecule has 1 rings (SSSR count). The minimum atomic E-state index is -0.0974. The minimum Gasteiger partial charge on any atom is -0.282 e. The average Bonchev–Trinajstić information content (AvgIpc) is 2.29. The second-order valence-electron chi connectivity index (χ2n) is 5.93. The summed E-state index contributed by atoms with van der Waals surface area (Å²) in [6.07, 6.45) is 0.395. The lowest BCUT2D eigenvalue weighted by molar-refractivity contribution is -0.141. The van der Waals surface area contributed by atoms with Crippen molar-refractivity contribution in [2.75, 3.05) is 6.54 Å². The van der Waals surface area contributed by atoms with E-state index in [1.807, 2.05) is 34.6 Å². The van der Waals surface area contributed by atoms with Crippen LogP contribution < -0.4 is 0 Å². The summed E-state index contributed by atoms with van der Waals surface area (Å²) in [5.74, 6) is 0.171. The zero-order chi connectivity index (χ0) is 11.8. The fourth-order valence-electron chi connectivity index (χ4n) is 1.87. The standard InChI is InChI=1S/C12H21NO2/c1-8(2)9-6-10(14)13(11(9)15)7-12(3,4)5/h8-9H,6-7H2,1-5H3. The first kappa shape index (κ1) is 12.2. The Morgan fingerprint density at radius 1 is 1.33 bits per heavy atom. The van der Waals surface area contributed by atoms with Gasteiger partial charge in [-0.3, -0.25) is 14.5 Å². The predicted octanol–water partition coefficient (Wildman–Crippen LogP) is 2.06. The lowest BCUT2D eigenvalue weighted by atomic mass is 9.94. The third-order valence-electron chi connectivity index (χ3n) is 2.72. The summed E-state index contributed by atoms with van der Waals surface area (Å²) in [7, 11) is 0. The predicted molar refractivity (Wildman–Crippen MR) is 59.1 cm³/mol. The van der Waals surface area contributed by atoms with Gasteiger partial charge in [0.2, 0.25) is 11.8 Å². The van der Waals surface area contributed by atoms with Crippen LogP contribution in [0, 0.1) is 17.3 Å². The first-order valence-electron chi connectivity index (χ1n) is 5.56. The summed E-state index contributed by atoms with van der Waals surface area (Å²) in [6.45, 7) is 10.6. The molecule has 1 heterocycles. The molecule has 3 nitrogen and oxygen atoms in total. The molecule has 0 spiro atoms. The highest BCUT2D eigenvalue weighted by Gasteiger charge is 2.41. The topological polar surface area (TPSA) is 37.4 Å². The van der Waals surface area contributed by atoms with E-state index in [1.165, 1.54) is 4.90 Å². The van der Waals surface area contributed by atoms with E-state index < -0.39 is 0 Å². The molecule has 0 saturated carbocycles. The van der Waals surface area contributed by atoms with Crippen LogP contribution in [0.2, 0.25) is 0 Å². The average molecular weight is 211 g/mol. The molecule has 1 aliphatic rings. The lowest BCUT2D eigenvalue weighted by Gasteiger charge is -2.25. The van der Waals surface area contributed by atoms with Crippen LogP contribution in [0.4, 0.5) is 0 Å². The molecule has 1 unspecified atom stereocenters. The van der Waals surface area contributed by atoms with E-state index >= 15 is 0 Å². The van der Waals surface area contributed by atoms with E-state index in [2.05, 4.69) is 0 Å². The van der Waals surface area contributed by atoms with Gasteiger partial charge in [0, 0.05) is 18.9 Å². The largest absolute Gasteiger partial charge is 0.282 e. The van der Waals surface area contributed by atoms with Crippen LogP contribution in [0.5, 0.6) is 0 Å². The summed E-state index contributed by atoms with van der Waals surface area (Å²) < 4.78 is 0. The summed E-state index contributed by atoms with van der Waals surface area (Å²) in [5, 5.41) is 0. The molecule has 0 bridgehead atoms. The molecule has 0 radical (unpaired) electrons. The molecule has 0 N–H and O–H groups in total. The third-order valence-corrected chi connectivity index (χ3v) is 2.72. The Morgan fingerprint density at radius 3 is 2.20 bits per heavy atom. The summed E-state index contributed by atoms with van der Waals surface area (Å²) in [5.41, 5.74) is -0.0167. The van der Waals surface area contributed by atoms with Gasteiger partial charge in [-0.1, -0.05) is 34.6 Å². The van der Waals surface area contributed by atoms with Crippen molar-refractivity contribution < 1.29 is 9.59 Å². The van der Waals surface area contributed by atoms with Crippen LogP contribution in [0.25, 0.3) is 0 Å². The first-order chi connectivity index (χ1) is 6.72. The number of likely N-dealkylation sites (tertiary alicyclic amines) is 1. The van der Waals surface area contributed by atoms with Gasteiger partial charge in [-0.15, -0.1) is 0 Å². The Labute approximate surface area is 91.8 Å². The second kappa shape index (κ2) is 3.95. The van der Waals surface area contributed by atoms with Crippen LogP contribution in [0.15, 0.2) is 0 Å². The number of nitrogens with zero attached hydrogens (tertiary/aromatic N) is 1. The van der Waals surface area contributed by atoms with Crippen LogP contribution >= 0.6 is 0 Å². The van der Waals surface area contributed by atoms with Crippen LogP contribution in [-0.4, -0.2) is 23.3 Å². The number of hydrogen-bond acceptors (Lipinski definition) is 2. The first-order valence-corrected chi connectivity index (χ1v) is 5.56. The summed E-state index contributed by atoms with van der Waals surface area (Å²) >= 11 is 0. The Bertz CT molecular complexity index is 276. The fourth-order valence-corrected chi connectivity index (χ4v) is 1.87. The van der Waals surface area contributed by atoms with Gasteiger partial charge in [-0.2, -0.15) is 0 Å². The number of hydrogen-bond donors (Lipinski definition) is 0. The van der Waals surface area contributed by atoms with Crippen LogP contribution in [0.3, 0.4) is 0 Å². The molecule has 0 aromatic heterocycles. The third kappa shape index (κ3) is 2.80. The highest BCUT2D eigenvalue weighted by atomic mass is 16.2. The van der Waals surface area contributed by atoms with Crippen LogP contribution in [-0.2, 0) is 9.59 Å². The van der Waals surface area contributed by atoms with Gasteiger partial charge in [0.15, 0.2) is 0 Å². The van der Waals surface area contributed by atoms with Crippen LogP contribution in [0.1, 0.15) is 41.0 Å². The maximum atomic E-state index is 11.9. The van der Waals surface area contributed by atoms with E-state index in [4.69, 9.17) is 0 Å². The monoisotopic (exact) mass is 211 g/mol. The van der Waals surface area contributed by atoms with Gasteiger partial charge < -0.3 is 0 Å². The van der Waals surface area contributed by atoms with Crippen molar-refractivity contribution in [3.8, 4) is 0 Å². The molecule has 1 fully saturated rings. The van der Waals surface area contributed by atoms with Crippen molar-refractivity contribution >= 4 is 11.8 Å². The van der Waals surface area contributed by atoms with Crippen molar-refractivity contribution in [1.82, 2.24) is 4.90 Å². The van der Waals surface area contributed by atoms with E-state index in [9.17, 15) is 9.59 Å². The van der Waals surface area contributed by atoms with Gasteiger partial charge in [0.05, 0.1) is 0 Å². The number of imide groups is 1. The number of rotatable bonds is 2. The zero-order valence-electron chi connectivity index (χ0n) is 10.3. The molecule has 1 atom stereocenters. The Kier molecular flexibility index (Phi) is 3.22. The second-order valence-corrected chi connectivity index (χ2v) is 5.93. The number of carbonyl (C=O) groups is 2.